The van der Waals surface area contributed by atoms with Gasteiger partial charge in [-0.1, -0.05) is 6.92 Å². The van der Waals surface area contributed by atoms with Crippen LogP contribution in [0.5, 0.6) is 0 Å². The fourth-order valence-corrected chi connectivity index (χ4v) is 3.60. The van der Waals surface area contributed by atoms with Crippen LogP contribution in [-0.2, 0) is 6.42 Å². The zero-order valence-electron chi connectivity index (χ0n) is 10.8. The molecule has 6 heteroatoms. The second-order valence-corrected chi connectivity index (χ2v) is 6.27. The van der Waals surface area contributed by atoms with Crippen LogP contribution < -0.4 is 4.90 Å². The molecule has 2 aromatic heterocycles. The molecule has 0 bridgehead atoms. The highest BCUT2D eigenvalue weighted by atomic mass is 35.5. The van der Waals surface area contributed by atoms with Gasteiger partial charge in [0.1, 0.15) is 10.6 Å². The lowest BCUT2D eigenvalue weighted by Crippen LogP contribution is -2.36. The normalized spacial score (nSPS) is 17.3. The molecule has 0 unspecified atom stereocenters. The van der Waals surface area contributed by atoms with Gasteiger partial charge in [-0.3, -0.25) is 0 Å². The Labute approximate surface area is 121 Å². The first-order valence-electron chi connectivity index (χ1n) is 6.56. The second kappa shape index (κ2) is 5.23. The molecule has 102 valence electrons. The number of halogens is 1. The molecule has 3 rings (SSSR count). The number of rotatable bonds is 2. The van der Waals surface area contributed by atoms with E-state index in [4.69, 9.17) is 11.6 Å². The van der Waals surface area contributed by atoms with Crippen LogP contribution in [0.4, 0.5) is 5.82 Å². The Balaban J connectivity index is 2.03. The summed E-state index contributed by atoms with van der Waals surface area (Å²) >= 11 is 7.71. The van der Waals surface area contributed by atoms with Crippen LogP contribution in [0, 0.1) is 0 Å². The number of aliphatic hydroxyl groups is 1. The predicted octanol–water partition coefficient (Wildman–Crippen LogP) is 2.87. The quantitative estimate of drug-likeness (QED) is 0.866. The molecule has 0 atom stereocenters. The largest absolute Gasteiger partial charge is 0.393 e. The molecule has 1 aliphatic rings. The van der Waals surface area contributed by atoms with Crippen LogP contribution >= 0.6 is 22.9 Å². The second-order valence-electron chi connectivity index (χ2n) is 4.82. The van der Waals surface area contributed by atoms with Gasteiger partial charge in [0.05, 0.1) is 11.5 Å². The number of thiophene rings is 1. The molecule has 0 aliphatic carbocycles. The van der Waals surface area contributed by atoms with E-state index in [1.54, 1.807) is 11.3 Å². The van der Waals surface area contributed by atoms with E-state index in [1.807, 2.05) is 0 Å². The fraction of sp³-hybridized carbons (Fsp3) is 0.538. The van der Waals surface area contributed by atoms with Crippen LogP contribution in [0.15, 0.2) is 6.07 Å². The third-order valence-corrected chi connectivity index (χ3v) is 4.85. The van der Waals surface area contributed by atoms with Crippen molar-refractivity contribution < 1.29 is 5.11 Å². The van der Waals surface area contributed by atoms with E-state index in [0.29, 0.717) is 5.28 Å². The maximum atomic E-state index is 9.60. The van der Waals surface area contributed by atoms with Gasteiger partial charge in [0, 0.05) is 18.0 Å². The maximum absolute atomic E-state index is 9.60. The Hall–Kier alpha value is -0.910. The molecule has 4 nitrogen and oxygen atoms in total. The van der Waals surface area contributed by atoms with E-state index in [-0.39, 0.29) is 6.10 Å². The smallest absolute Gasteiger partial charge is 0.225 e. The number of hydrogen-bond acceptors (Lipinski definition) is 5. The summed E-state index contributed by atoms with van der Waals surface area (Å²) in [5.41, 5.74) is 0. The SMILES string of the molecule is CCc1cc2c(N3CCC(O)CC3)nc(Cl)nc2s1. The number of anilines is 1. The van der Waals surface area contributed by atoms with Gasteiger partial charge < -0.3 is 10.0 Å². The first-order valence-corrected chi connectivity index (χ1v) is 7.75. The van der Waals surface area contributed by atoms with Crippen molar-refractivity contribution in [2.45, 2.75) is 32.3 Å². The number of hydrogen-bond donors (Lipinski definition) is 1. The van der Waals surface area contributed by atoms with Gasteiger partial charge in [-0.05, 0) is 36.9 Å². The van der Waals surface area contributed by atoms with Crippen molar-refractivity contribution in [3.63, 3.8) is 0 Å². The topological polar surface area (TPSA) is 49.2 Å². The van der Waals surface area contributed by atoms with Crippen molar-refractivity contribution in [1.82, 2.24) is 9.97 Å². The van der Waals surface area contributed by atoms with E-state index in [1.165, 1.54) is 4.88 Å². The van der Waals surface area contributed by atoms with E-state index in [9.17, 15) is 5.11 Å². The number of aliphatic hydroxyl groups excluding tert-OH is 1. The van der Waals surface area contributed by atoms with Crippen molar-refractivity contribution in [3.8, 4) is 0 Å². The summed E-state index contributed by atoms with van der Waals surface area (Å²) in [7, 11) is 0. The van der Waals surface area contributed by atoms with Crippen LogP contribution in [-0.4, -0.2) is 34.3 Å². The molecule has 1 aliphatic heterocycles. The molecule has 0 saturated carbocycles. The molecule has 1 fully saturated rings. The van der Waals surface area contributed by atoms with Gasteiger partial charge in [0.25, 0.3) is 0 Å². The molecule has 3 heterocycles. The lowest BCUT2D eigenvalue weighted by molar-refractivity contribution is 0.145. The lowest BCUT2D eigenvalue weighted by Gasteiger charge is -2.30. The molecule has 19 heavy (non-hydrogen) atoms. The number of fused-ring (bicyclic) bond motifs is 1. The zero-order chi connectivity index (χ0) is 13.4. The highest BCUT2D eigenvalue weighted by Crippen LogP contribution is 2.33. The van der Waals surface area contributed by atoms with E-state index in [2.05, 4.69) is 27.9 Å². The zero-order valence-corrected chi connectivity index (χ0v) is 12.3. The Morgan fingerprint density at radius 3 is 2.84 bits per heavy atom. The van der Waals surface area contributed by atoms with Gasteiger partial charge in [-0.2, -0.15) is 4.98 Å². The van der Waals surface area contributed by atoms with Gasteiger partial charge in [-0.25, -0.2) is 4.98 Å². The maximum Gasteiger partial charge on any atom is 0.225 e. The van der Waals surface area contributed by atoms with Crippen molar-refractivity contribution in [1.29, 1.82) is 0 Å². The first-order chi connectivity index (χ1) is 9.17. The monoisotopic (exact) mass is 297 g/mol. The van der Waals surface area contributed by atoms with Crippen LogP contribution in [0.1, 0.15) is 24.6 Å². The Morgan fingerprint density at radius 2 is 2.16 bits per heavy atom. The van der Waals surface area contributed by atoms with Gasteiger partial charge in [-0.15, -0.1) is 11.3 Å². The van der Waals surface area contributed by atoms with E-state index in [0.717, 1.165) is 48.4 Å². The molecule has 1 saturated heterocycles. The van der Waals surface area contributed by atoms with Gasteiger partial charge >= 0.3 is 0 Å². The van der Waals surface area contributed by atoms with Crippen molar-refractivity contribution in [2.75, 3.05) is 18.0 Å². The number of nitrogens with zero attached hydrogens (tertiary/aromatic N) is 3. The van der Waals surface area contributed by atoms with Gasteiger partial charge in [0.2, 0.25) is 5.28 Å². The average Bonchev–Trinajstić information content (AvgIpc) is 2.81. The summed E-state index contributed by atoms with van der Waals surface area (Å²) in [5.74, 6) is 0.915. The highest BCUT2D eigenvalue weighted by molar-refractivity contribution is 7.18. The van der Waals surface area contributed by atoms with Crippen LogP contribution in [0.3, 0.4) is 0 Å². The van der Waals surface area contributed by atoms with Crippen molar-refractivity contribution in [2.24, 2.45) is 0 Å². The number of aromatic nitrogens is 2. The Morgan fingerprint density at radius 1 is 1.42 bits per heavy atom. The standard InChI is InChI=1S/C13H16ClN3OS/c1-2-9-7-10-11(15-13(14)16-12(10)19-9)17-5-3-8(18)4-6-17/h7-8,18H,2-6H2,1H3. The molecular weight excluding hydrogens is 282 g/mol. The first kappa shape index (κ1) is 13.1. The van der Waals surface area contributed by atoms with Crippen LogP contribution in [0.2, 0.25) is 5.28 Å². The number of aryl methyl sites for hydroxylation is 1. The van der Waals surface area contributed by atoms with Gasteiger partial charge in [0.15, 0.2) is 0 Å². The molecule has 1 N–H and O–H groups in total. The summed E-state index contributed by atoms with van der Waals surface area (Å²) in [6.07, 6.45) is 2.39. The van der Waals surface area contributed by atoms with E-state index < -0.39 is 0 Å². The average molecular weight is 298 g/mol. The summed E-state index contributed by atoms with van der Waals surface area (Å²) in [5, 5.41) is 11.0. The molecule has 0 aromatic carbocycles. The fourth-order valence-electron chi connectivity index (χ4n) is 2.42. The minimum absolute atomic E-state index is 0.183. The van der Waals surface area contributed by atoms with E-state index >= 15 is 0 Å². The molecule has 0 radical (unpaired) electrons. The number of piperidine rings is 1. The Kier molecular flexibility index (Phi) is 3.60. The Bertz CT molecular complexity index is 593. The summed E-state index contributed by atoms with van der Waals surface area (Å²) < 4.78 is 0. The third-order valence-electron chi connectivity index (χ3n) is 3.51. The molecular formula is C13H16ClN3OS. The minimum Gasteiger partial charge on any atom is -0.393 e. The lowest BCUT2D eigenvalue weighted by atomic mass is 10.1. The molecule has 0 spiro atoms. The summed E-state index contributed by atoms with van der Waals surface area (Å²) in [4.78, 5) is 13.2. The summed E-state index contributed by atoms with van der Waals surface area (Å²) in [6, 6.07) is 2.16. The van der Waals surface area contributed by atoms with Crippen LogP contribution in [0.25, 0.3) is 10.2 Å². The highest BCUT2D eigenvalue weighted by Gasteiger charge is 2.21. The minimum atomic E-state index is -0.183. The van der Waals surface area contributed by atoms with Crippen molar-refractivity contribution >= 4 is 39.0 Å². The molecule has 0 amide bonds. The third kappa shape index (κ3) is 2.55. The predicted molar refractivity (Wildman–Crippen MR) is 79.3 cm³/mol. The molecule has 2 aromatic rings. The van der Waals surface area contributed by atoms with Crippen molar-refractivity contribution in [3.05, 3.63) is 16.2 Å². The summed E-state index contributed by atoms with van der Waals surface area (Å²) in [6.45, 7) is 3.78.